The Hall–Kier alpha value is -3.77. The van der Waals surface area contributed by atoms with E-state index < -0.39 is 56.9 Å². The zero-order valence-corrected chi connectivity index (χ0v) is 30.3. The average molecular weight is 769 g/mol. The predicted molar refractivity (Wildman–Crippen MR) is 191 cm³/mol. The summed E-state index contributed by atoms with van der Waals surface area (Å²) in [6.45, 7) is 2.80. The van der Waals surface area contributed by atoms with Gasteiger partial charge in [-0.3, -0.25) is 13.9 Å². The number of anilines is 1. The molecule has 0 aromatic heterocycles. The summed E-state index contributed by atoms with van der Waals surface area (Å²) in [6, 6.07) is 20.6. The van der Waals surface area contributed by atoms with E-state index in [2.05, 4.69) is 5.32 Å². The quantitative estimate of drug-likeness (QED) is 0.130. The molecule has 0 radical (unpaired) electrons. The van der Waals surface area contributed by atoms with E-state index in [1.165, 1.54) is 35.2 Å². The topological polar surface area (TPSA) is 86.8 Å². The number of nitrogens with zero attached hydrogens (tertiary/aromatic N) is 2. The lowest BCUT2D eigenvalue weighted by molar-refractivity contribution is -0.140. The molecule has 14 heteroatoms. The summed E-state index contributed by atoms with van der Waals surface area (Å²) in [6.07, 6.45) is -3.42. The highest BCUT2D eigenvalue weighted by molar-refractivity contribution is 7.92. The maximum atomic E-state index is 14.6. The summed E-state index contributed by atoms with van der Waals surface area (Å²) >= 11 is 18.5. The fraction of sp³-hybridized carbons (Fsp3) is 0.278. The smallest absolute Gasteiger partial charge is 0.354 e. The van der Waals surface area contributed by atoms with Crippen LogP contribution in [0.2, 0.25) is 15.1 Å². The first-order chi connectivity index (χ1) is 23.6. The fourth-order valence-electron chi connectivity index (χ4n) is 5.15. The maximum absolute atomic E-state index is 14.6. The number of alkyl halides is 3. The second-order valence-corrected chi connectivity index (χ2v) is 14.7. The van der Waals surface area contributed by atoms with Crippen molar-refractivity contribution in [3.63, 3.8) is 0 Å². The number of unbranched alkanes of at least 4 members (excludes halogenated alkanes) is 1. The number of carbonyl (C=O) groups is 2. The first-order valence-corrected chi connectivity index (χ1v) is 18.2. The minimum atomic E-state index is -4.93. The van der Waals surface area contributed by atoms with Crippen molar-refractivity contribution in [1.29, 1.82) is 0 Å². The van der Waals surface area contributed by atoms with Crippen LogP contribution in [0.1, 0.15) is 42.0 Å². The van der Waals surface area contributed by atoms with Crippen molar-refractivity contribution < 1.29 is 31.2 Å². The zero-order chi connectivity index (χ0) is 36.6. The van der Waals surface area contributed by atoms with Gasteiger partial charge in [-0.1, -0.05) is 102 Å². The molecule has 0 saturated heterocycles. The molecule has 1 atom stereocenters. The number of nitrogens with one attached hydrogen (secondary N) is 1. The van der Waals surface area contributed by atoms with Gasteiger partial charge in [-0.05, 0) is 66.9 Å². The van der Waals surface area contributed by atoms with Crippen molar-refractivity contribution in [2.45, 2.75) is 56.8 Å². The maximum Gasteiger partial charge on any atom is 0.417 e. The molecule has 50 heavy (non-hydrogen) atoms. The molecule has 2 amide bonds. The third-order valence-corrected chi connectivity index (χ3v) is 10.6. The molecule has 1 N–H and O–H groups in total. The number of rotatable bonds is 14. The Morgan fingerprint density at radius 1 is 0.880 bits per heavy atom. The lowest BCUT2D eigenvalue weighted by Gasteiger charge is -2.34. The molecule has 266 valence electrons. The lowest BCUT2D eigenvalue weighted by Crippen LogP contribution is -2.53. The van der Waals surface area contributed by atoms with Crippen molar-refractivity contribution in [3.05, 3.63) is 128 Å². The van der Waals surface area contributed by atoms with Crippen molar-refractivity contribution >= 4 is 62.3 Å². The van der Waals surface area contributed by atoms with Gasteiger partial charge in [0.2, 0.25) is 11.8 Å². The highest BCUT2D eigenvalue weighted by Crippen LogP contribution is 2.38. The van der Waals surface area contributed by atoms with Gasteiger partial charge in [-0.15, -0.1) is 0 Å². The summed E-state index contributed by atoms with van der Waals surface area (Å²) in [7, 11) is -4.65. The van der Waals surface area contributed by atoms with Crippen molar-refractivity contribution in [3.8, 4) is 0 Å². The highest BCUT2D eigenvalue weighted by Gasteiger charge is 2.38. The Morgan fingerprint density at radius 2 is 1.56 bits per heavy atom. The normalized spacial score (nSPS) is 12.3. The molecule has 7 nitrogen and oxygen atoms in total. The Morgan fingerprint density at radius 3 is 2.18 bits per heavy atom. The SMILES string of the molecule is CCCCNC(=O)[C@H](Cc1ccccc1)N(Cc1ccc(Cl)cc1Cl)C(=O)CN(c1ccc(Cl)c(C(F)(F)F)c1)S(=O)(=O)c1ccc(C)cc1. The van der Waals surface area contributed by atoms with E-state index in [0.29, 0.717) is 39.5 Å². The van der Waals surface area contributed by atoms with Gasteiger partial charge in [-0.2, -0.15) is 13.2 Å². The van der Waals surface area contributed by atoms with Crippen LogP contribution in [0.15, 0.2) is 95.9 Å². The standard InChI is InChI=1S/C36H35Cl3F3N3O4S/c1-3-4-18-43-35(47)33(19-25-8-6-5-7-9-25)44(22-26-12-13-27(37)20-32(26)39)34(46)23-45(50(48,49)29-15-10-24(2)11-16-29)28-14-17-31(38)30(21-28)36(40,41)42/h5-17,20-21,33H,3-4,18-19,22-23H2,1-2H3,(H,43,47)/t33-/m0/s1. The Kier molecular flexibility index (Phi) is 13.2. The first kappa shape index (κ1) is 39.0. The number of carbonyl (C=O) groups excluding carboxylic acids is 2. The number of aryl methyl sites for hydroxylation is 1. The summed E-state index contributed by atoms with van der Waals surface area (Å²) in [5, 5.41) is 2.74. The lowest BCUT2D eigenvalue weighted by atomic mass is 10.0. The summed E-state index contributed by atoms with van der Waals surface area (Å²) < 4.78 is 71.0. The highest BCUT2D eigenvalue weighted by atomic mass is 35.5. The third-order valence-electron chi connectivity index (χ3n) is 7.89. The Balaban J connectivity index is 1.87. The molecule has 0 fully saturated rings. The summed E-state index contributed by atoms with van der Waals surface area (Å²) in [4.78, 5) is 29.4. The van der Waals surface area contributed by atoms with Crippen LogP contribution in [0, 0.1) is 6.92 Å². The van der Waals surface area contributed by atoms with E-state index in [0.717, 1.165) is 24.1 Å². The number of hydrogen-bond acceptors (Lipinski definition) is 4. The van der Waals surface area contributed by atoms with E-state index in [9.17, 15) is 31.2 Å². The molecule has 0 heterocycles. The minimum absolute atomic E-state index is 0.0413. The monoisotopic (exact) mass is 767 g/mol. The van der Waals surface area contributed by atoms with E-state index >= 15 is 0 Å². The van der Waals surface area contributed by atoms with E-state index in [4.69, 9.17) is 34.8 Å². The van der Waals surface area contributed by atoms with Gasteiger partial charge in [0.15, 0.2) is 0 Å². The van der Waals surface area contributed by atoms with Crippen LogP contribution >= 0.6 is 34.8 Å². The van der Waals surface area contributed by atoms with Crippen LogP contribution in [0.4, 0.5) is 18.9 Å². The molecule has 0 spiro atoms. The third kappa shape index (κ3) is 9.93. The zero-order valence-electron chi connectivity index (χ0n) is 27.2. The predicted octanol–water partition coefficient (Wildman–Crippen LogP) is 8.73. The number of halogens is 6. The van der Waals surface area contributed by atoms with Crippen LogP contribution < -0.4 is 9.62 Å². The molecular formula is C36H35Cl3F3N3O4S. The molecule has 0 aliphatic rings. The number of hydrogen-bond donors (Lipinski definition) is 1. The second kappa shape index (κ2) is 17.0. The Bertz CT molecular complexity index is 1910. The summed E-state index contributed by atoms with van der Waals surface area (Å²) in [5.41, 5.74) is 0.117. The van der Waals surface area contributed by atoms with Crippen molar-refractivity contribution in [1.82, 2.24) is 10.2 Å². The van der Waals surface area contributed by atoms with Crippen LogP contribution in [0.25, 0.3) is 0 Å². The van der Waals surface area contributed by atoms with Crippen LogP contribution in [-0.2, 0) is 38.8 Å². The molecule has 0 saturated carbocycles. The van der Waals surface area contributed by atoms with Gasteiger partial charge in [0.05, 0.1) is 21.2 Å². The Labute approximate surface area is 305 Å². The minimum Gasteiger partial charge on any atom is -0.354 e. The summed E-state index contributed by atoms with van der Waals surface area (Å²) in [5.74, 6) is -1.37. The number of benzene rings is 4. The van der Waals surface area contributed by atoms with Gasteiger partial charge in [0, 0.05) is 29.6 Å². The molecule has 4 rings (SSSR count). The van der Waals surface area contributed by atoms with Gasteiger partial charge >= 0.3 is 6.18 Å². The van der Waals surface area contributed by atoms with E-state index in [1.807, 2.05) is 6.92 Å². The second-order valence-electron chi connectivity index (χ2n) is 11.6. The van der Waals surface area contributed by atoms with Crippen molar-refractivity contribution in [2.24, 2.45) is 0 Å². The van der Waals surface area contributed by atoms with E-state index in [-0.39, 0.29) is 22.9 Å². The molecule has 0 aliphatic carbocycles. The fourth-order valence-corrected chi connectivity index (χ4v) is 7.24. The first-order valence-electron chi connectivity index (χ1n) is 15.6. The van der Waals surface area contributed by atoms with Crippen molar-refractivity contribution in [2.75, 3.05) is 17.4 Å². The molecule has 0 unspecified atom stereocenters. The molecular weight excluding hydrogens is 734 g/mol. The molecule has 0 bridgehead atoms. The van der Waals surface area contributed by atoms with Gasteiger partial charge in [0.1, 0.15) is 12.6 Å². The molecule has 0 aliphatic heterocycles. The molecule has 4 aromatic rings. The van der Waals surface area contributed by atoms with Crippen LogP contribution in [0.3, 0.4) is 0 Å². The largest absolute Gasteiger partial charge is 0.417 e. The van der Waals surface area contributed by atoms with Gasteiger partial charge in [-0.25, -0.2) is 8.42 Å². The molecule has 4 aromatic carbocycles. The van der Waals surface area contributed by atoms with Gasteiger partial charge < -0.3 is 10.2 Å². The number of sulfonamides is 1. The van der Waals surface area contributed by atoms with Crippen LogP contribution in [-0.4, -0.2) is 44.3 Å². The van der Waals surface area contributed by atoms with Crippen LogP contribution in [0.5, 0.6) is 0 Å². The average Bonchev–Trinajstić information content (AvgIpc) is 3.06. The number of amides is 2. The van der Waals surface area contributed by atoms with Gasteiger partial charge in [0.25, 0.3) is 10.0 Å². The van der Waals surface area contributed by atoms with E-state index in [1.54, 1.807) is 49.4 Å².